The molecule has 1 unspecified atom stereocenters. The van der Waals surface area contributed by atoms with Crippen molar-refractivity contribution in [3.8, 4) is 22.3 Å². The highest BCUT2D eigenvalue weighted by Gasteiger charge is 2.18. The van der Waals surface area contributed by atoms with Crippen LogP contribution in [0.5, 0.6) is 0 Å². The van der Waals surface area contributed by atoms with Crippen LogP contribution in [0.15, 0.2) is 103 Å². The lowest BCUT2D eigenvalue weighted by Crippen LogP contribution is -2.25. The molecule has 1 heterocycles. The largest absolute Gasteiger partial charge is 0.381 e. The van der Waals surface area contributed by atoms with E-state index in [0.717, 1.165) is 6.54 Å². The Morgan fingerprint density at radius 2 is 1.00 bits per heavy atom. The number of hydrogen-bond donors (Lipinski definition) is 2. The second-order valence-electron chi connectivity index (χ2n) is 7.19. The Bertz CT molecular complexity index is 1070. The van der Waals surface area contributed by atoms with Crippen LogP contribution in [0.25, 0.3) is 22.3 Å². The van der Waals surface area contributed by atoms with Crippen molar-refractivity contribution in [3.05, 3.63) is 109 Å². The first-order valence-electron chi connectivity index (χ1n) is 9.72. The van der Waals surface area contributed by atoms with Crippen molar-refractivity contribution in [2.75, 3.05) is 17.2 Å². The van der Waals surface area contributed by atoms with Gasteiger partial charge in [-0.2, -0.15) is 0 Å². The van der Waals surface area contributed by atoms with E-state index >= 15 is 0 Å². The van der Waals surface area contributed by atoms with Crippen LogP contribution in [0.1, 0.15) is 11.6 Å². The molecule has 0 saturated heterocycles. The molecule has 5 rings (SSSR count). The van der Waals surface area contributed by atoms with Crippen molar-refractivity contribution in [1.82, 2.24) is 0 Å². The van der Waals surface area contributed by atoms with E-state index in [1.807, 2.05) is 0 Å². The van der Waals surface area contributed by atoms with E-state index in [9.17, 15) is 0 Å². The normalized spacial score (nSPS) is 15.2. The molecule has 136 valence electrons. The van der Waals surface area contributed by atoms with Crippen LogP contribution in [0.2, 0.25) is 0 Å². The van der Waals surface area contributed by atoms with Crippen LogP contribution in [-0.4, -0.2) is 6.54 Å². The van der Waals surface area contributed by atoms with Crippen molar-refractivity contribution >= 4 is 11.4 Å². The molecule has 4 aromatic rings. The monoisotopic (exact) mass is 362 g/mol. The summed E-state index contributed by atoms with van der Waals surface area (Å²) in [7, 11) is 0. The van der Waals surface area contributed by atoms with Crippen LogP contribution in [-0.2, 0) is 0 Å². The van der Waals surface area contributed by atoms with E-state index in [1.165, 1.54) is 39.2 Å². The molecule has 2 nitrogen and oxygen atoms in total. The highest BCUT2D eigenvalue weighted by molar-refractivity contribution is 5.73. The van der Waals surface area contributed by atoms with Crippen LogP contribution in [0, 0.1) is 0 Å². The summed E-state index contributed by atoms with van der Waals surface area (Å²) < 4.78 is 0. The standard InChI is InChI=1S/C26H22N2/c1-2-6-19(7-3-1)20-10-12-21(13-11-20)22-14-16-23(17-15-22)26-18-27-24-8-4-5-9-25(24)28-26/h1-17,26-28H,18H2. The van der Waals surface area contributed by atoms with Gasteiger partial charge < -0.3 is 10.6 Å². The van der Waals surface area contributed by atoms with E-state index in [1.54, 1.807) is 0 Å². The lowest BCUT2D eigenvalue weighted by atomic mass is 9.97. The average Bonchev–Trinajstić information content (AvgIpc) is 2.80. The van der Waals surface area contributed by atoms with Crippen LogP contribution in [0.4, 0.5) is 11.4 Å². The van der Waals surface area contributed by atoms with E-state index in [0.29, 0.717) is 0 Å². The van der Waals surface area contributed by atoms with Gasteiger partial charge in [-0.1, -0.05) is 91.0 Å². The second-order valence-corrected chi connectivity index (χ2v) is 7.19. The zero-order valence-electron chi connectivity index (χ0n) is 15.6. The first-order chi connectivity index (χ1) is 13.9. The van der Waals surface area contributed by atoms with E-state index in [4.69, 9.17) is 0 Å². The maximum atomic E-state index is 3.64. The Labute approximate surface area is 165 Å². The molecule has 0 aromatic heterocycles. The van der Waals surface area contributed by atoms with Crippen LogP contribution in [0.3, 0.4) is 0 Å². The highest BCUT2D eigenvalue weighted by Crippen LogP contribution is 2.32. The molecule has 0 radical (unpaired) electrons. The summed E-state index contributed by atoms with van der Waals surface area (Å²) in [5.41, 5.74) is 8.62. The van der Waals surface area contributed by atoms with Gasteiger partial charge in [0.2, 0.25) is 0 Å². The summed E-state index contributed by atoms with van der Waals surface area (Å²) in [6.07, 6.45) is 0. The molecule has 0 aliphatic carbocycles. The minimum Gasteiger partial charge on any atom is -0.381 e. The molecule has 1 atom stereocenters. The highest BCUT2D eigenvalue weighted by atomic mass is 15.1. The summed E-state index contributed by atoms with van der Waals surface area (Å²) in [6.45, 7) is 0.891. The summed E-state index contributed by atoms with van der Waals surface area (Å²) in [5, 5.41) is 7.15. The van der Waals surface area contributed by atoms with E-state index in [2.05, 4.69) is 114 Å². The van der Waals surface area contributed by atoms with Gasteiger partial charge in [-0.25, -0.2) is 0 Å². The quantitative estimate of drug-likeness (QED) is 0.429. The van der Waals surface area contributed by atoms with Crippen LogP contribution < -0.4 is 10.6 Å². The fourth-order valence-corrected chi connectivity index (χ4v) is 3.81. The van der Waals surface area contributed by atoms with Crippen molar-refractivity contribution in [2.24, 2.45) is 0 Å². The van der Waals surface area contributed by atoms with E-state index < -0.39 is 0 Å². The minimum atomic E-state index is 0.282. The van der Waals surface area contributed by atoms with Gasteiger partial charge in [0.05, 0.1) is 17.4 Å². The maximum absolute atomic E-state index is 3.64. The third-order valence-corrected chi connectivity index (χ3v) is 5.39. The van der Waals surface area contributed by atoms with Crippen molar-refractivity contribution in [3.63, 3.8) is 0 Å². The predicted molar refractivity (Wildman–Crippen MR) is 119 cm³/mol. The molecule has 2 N–H and O–H groups in total. The van der Waals surface area contributed by atoms with Gasteiger partial charge in [0.25, 0.3) is 0 Å². The molecule has 4 aromatic carbocycles. The van der Waals surface area contributed by atoms with Crippen molar-refractivity contribution in [1.29, 1.82) is 0 Å². The lowest BCUT2D eigenvalue weighted by Gasteiger charge is -2.28. The van der Waals surface area contributed by atoms with Gasteiger partial charge in [-0.3, -0.25) is 0 Å². The third kappa shape index (κ3) is 3.25. The molecule has 0 spiro atoms. The predicted octanol–water partition coefficient (Wildman–Crippen LogP) is 6.60. The number of benzene rings is 4. The molecule has 0 saturated carbocycles. The summed E-state index contributed by atoms with van der Waals surface area (Å²) in [4.78, 5) is 0. The molecule has 28 heavy (non-hydrogen) atoms. The Balaban J connectivity index is 1.34. The average molecular weight is 362 g/mol. The zero-order valence-corrected chi connectivity index (χ0v) is 15.6. The number of anilines is 2. The number of fused-ring (bicyclic) bond motifs is 1. The molecular formula is C26H22N2. The molecule has 1 aliphatic rings. The van der Waals surface area contributed by atoms with Gasteiger partial charge in [-0.05, 0) is 39.9 Å². The van der Waals surface area contributed by atoms with Crippen molar-refractivity contribution in [2.45, 2.75) is 6.04 Å². The molecule has 0 fully saturated rings. The second kappa shape index (κ2) is 7.24. The number of hydrogen-bond acceptors (Lipinski definition) is 2. The first-order valence-corrected chi connectivity index (χ1v) is 9.72. The lowest BCUT2D eigenvalue weighted by molar-refractivity contribution is 0.804. The fraction of sp³-hybridized carbons (Fsp3) is 0.0769. The first kappa shape index (κ1) is 16.6. The van der Waals surface area contributed by atoms with Gasteiger partial charge in [0.15, 0.2) is 0 Å². The minimum absolute atomic E-state index is 0.282. The Morgan fingerprint density at radius 3 is 1.64 bits per heavy atom. The van der Waals surface area contributed by atoms with E-state index in [-0.39, 0.29) is 6.04 Å². The number of para-hydroxylation sites is 2. The number of rotatable bonds is 3. The van der Waals surface area contributed by atoms with Gasteiger partial charge in [-0.15, -0.1) is 0 Å². The van der Waals surface area contributed by atoms with Crippen LogP contribution >= 0.6 is 0 Å². The third-order valence-electron chi connectivity index (χ3n) is 5.39. The summed E-state index contributed by atoms with van der Waals surface area (Å²) in [5.74, 6) is 0. The summed E-state index contributed by atoms with van der Waals surface area (Å²) >= 11 is 0. The molecule has 1 aliphatic heterocycles. The zero-order chi connectivity index (χ0) is 18.8. The topological polar surface area (TPSA) is 24.1 Å². The Hall–Kier alpha value is -3.52. The summed E-state index contributed by atoms with van der Waals surface area (Å²) in [6, 6.07) is 36.8. The Kier molecular flexibility index (Phi) is 4.30. The molecule has 0 amide bonds. The Morgan fingerprint density at radius 1 is 0.500 bits per heavy atom. The maximum Gasteiger partial charge on any atom is 0.0687 e. The smallest absolute Gasteiger partial charge is 0.0687 e. The molecule has 2 heteroatoms. The van der Waals surface area contributed by atoms with Gasteiger partial charge in [0.1, 0.15) is 0 Å². The van der Waals surface area contributed by atoms with Gasteiger partial charge in [0, 0.05) is 6.54 Å². The number of nitrogens with one attached hydrogen (secondary N) is 2. The fourth-order valence-electron chi connectivity index (χ4n) is 3.81. The molecular weight excluding hydrogens is 340 g/mol. The van der Waals surface area contributed by atoms with Gasteiger partial charge >= 0.3 is 0 Å². The SMILES string of the molecule is c1ccc(-c2ccc(-c3ccc(C4CNc5ccccc5N4)cc3)cc2)cc1. The van der Waals surface area contributed by atoms with Crippen molar-refractivity contribution < 1.29 is 0 Å². The molecule has 0 bridgehead atoms.